The number of rotatable bonds is 9. The molecule has 0 N–H and O–H groups in total. The van der Waals surface area contributed by atoms with Crippen molar-refractivity contribution in [1.82, 2.24) is 4.98 Å². The third kappa shape index (κ3) is 5.34. The first-order chi connectivity index (χ1) is 15.5. The fourth-order valence-electron chi connectivity index (χ4n) is 3.51. The summed E-state index contributed by atoms with van der Waals surface area (Å²) in [5.41, 5.74) is 2.15. The van der Waals surface area contributed by atoms with E-state index in [2.05, 4.69) is 18.8 Å². The van der Waals surface area contributed by atoms with Crippen molar-refractivity contribution in [2.75, 3.05) is 12.0 Å². The van der Waals surface area contributed by atoms with E-state index in [1.54, 1.807) is 24.6 Å². The zero-order valence-electron chi connectivity index (χ0n) is 18.8. The van der Waals surface area contributed by atoms with E-state index < -0.39 is 0 Å². The minimum absolute atomic E-state index is 0.0484. The molecule has 0 bridgehead atoms. The van der Waals surface area contributed by atoms with Crippen LogP contribution in [-0.2, 0) is 20.9 Å². The smallest absolute Gasteiger partial charge is 0.314 e. The Kier molecular flexibility index (Phi) is 8.00. The Morgan fingerprint density at radius 3 is 2.44 bits per heavy atom. The highest BCUT2D eigenvalue weighted by atomic mass is 32.1. The standard InChI is InChI=1S/C25H28N2O4S/c1-5-17(2)23(19-11-7-6-8-12-19)24(29)31-15-20-16-32-25(26-20)27(18(3)28)21-13-9-10-14-22(21)30-4/h6-14,16-17,23H,5,15H2,1-4H3. The molecule has 2 atom stereocenters. The molecular weight excluding hydrogens is 424 g/mol. The van der Waals surface area contributed by atoms with Crippen molar-refractivity contribution in [1.29, 1.82) is 0 Å². The van der Waals surface area contributed by atoms with E-state index in [-0.39, 0.29) is 30.3 Å². The van der Waals surface area contributed by atoms with Crippen LogP contribution in [0.3, 0.4) is 0 Å². The molecule has 6 nitrogen and oxygen atoms in total. The third-order valence-electron chi connectivity index (χ3n) is 5.36. The van der Waals surface area contributed by atoms with Crippen molar-refractivity contribution in [3.8, 4) is 5.75 Å². The van der Waals surface area contributed by atoms with Gasteiger partial charge in [0.15, 0.2) is 5.13 Å². The highest BCUT2D eigenvalue weighted by Gasteiger charge is 2.28. The summed E-state index contributed by atoms with van der Waals surface area (Å²) in [7, 11) is 1.56. The highest BCUT2D eigenvalue weighted by molar-refractivity contribution is 7.14. The summed E-state index contributed by atoms with van der Waals surface area (Å²) in [6.45, 7) is 5.64. The van der Waals surface area contributed by atoms with Crippen molar-refractivity contribution >= 4 is 34.0 Å². The maximum absolute atomic E-state index is 12.9. The van der Waals surface area contributed by atoms with E-state index >= 15 is 0 Å². The minimum Gasteiger partial charge on any atom is -0.495 e. The third-order valence-corrected chi connectivity index (χ3v) is 6.23. The number of hydrogen-bond donors (Lipinski definition) is 0. The number of esters is 1. The van der Waals surface area contributed by atoms with Crippen LogP contribution in [0, 0.1) is 5.92 Å². The van der Waals surface area contributed by atoms with Gasteiger partial charge in [-0.25, -0.2) is 4.98 Å². The molecule has 0 fully saturated rings. The number of para-hydroxylation sites is 2. The molecule has 1 heterocycles. The zero-order chi connectivity index (χ0) is 23.1. The molecule has 32 heavy (non-hydrogen) atoms. The summed E-state index contributed by atoms with van der Waals surface area (Å²) in [6, 6.07) is 17.0. The van der Waals surface area contributed by atoms with E-state index in [0.29, 0.717) is 22.3 Å². The molecule has 0 radical (unpaired) electrons. The average molecular weight is 453 g/mol. The summed E-state index contributed by atoms with van der Waals surface area (Å²) in [6.07, 6.45) is 0.863. The summed E-state index contributed by atoms with van der Waals surface area (Å²) >= 11 is 1.31. The van der Waals surface area contributed by atoms with Crippen LogP contribution in [0.25, 0.3) is 0 Å². The van der Waals surface area contributed by atoms with Crippen LogP contribution in [0.15, 0.2) is 60.0 Å². The second-order valence-electron chi connectivity index (χ2n) is 7.53. The first kappa shape index (κ1) is 23.5. The quantitative estimate of drug-likeness (QED) is 0.389. The maximum Gasteiger partial charge on any atom is 0.314 e. The number of anilines is 2. The van der Waals surface area contributed by atoms with Gasteiger partial charge in [0.05, 0.1) is 24.4 Å². The van der Waals surface area contributed by atoms with Crippen molar-refractivity contribution in [3.63, 3.8) is 0 Å². The molecule has 0 aliphatic carbocycles. The molecule has 2 unspecified atom stereocenters. The summed E-state index contributed by atoms with van der Waals surface area (Å²) in [5.74, 6) is -0.0667. The molecule has 0 saturated heterocycles. The van der Waals surface area contributed by atoms with Crippen LogP contribution in [0.2, 0.25) is 0 Å². The van der Waals surface area contributed by atoms with Crippen LogP contribution < -0.4 is 9.64 Å². The van der Waals surface area contributed by atoms with Crippen LogP contribution in [0.4, 0.5) is 10.8 Å². The molecule has 7 heteroatoms. The Labute approximate surface area is 192 Å². The van der Waals surface area contributed by atoms with Gasteiger partial charge in [-0.15, -0.1) is 11.3 Å². The molecule has 3 rings (SSSR count). The van der Waals surface area contributed by atoms with Gasteiger partial charge in [0.25, 0.3) is 0 Å². The number of amides is 1. The average Bonchev–Trinajstić information content (AvgIpc) is 3.27. The van der Waals surface area contributed by atoms with E-state index in [1.807, 2.05) is 42.5 Å². The Morgan fingerprint density at radius 1 is 1.09 bits per heavy atom. The van der Waals surface area contributed by atoms with Crippen LogP contribution in [0.5, 0.6) is 5.75 Å². The predicted molar refractivity (Wildman–Crippen MR) is 126 cm³/mol. The molecule has 1 amide bonds. The van der Waals surface area contributed by atoms with Crippen molar-refractivity contribution in [2.45, 2.75) is 39.7 Å². The van der Waals surface area contributed by atoms with E-state index in [9.17, 15) is 9.59 Å². The number of ether oxygens (including phenoxy) is 2. The first-order valence-corrected chi connectivity index (χ1v) is 11.4. The number of carbonyl (C=O) groups excluding carboxylic acids is 2. The summed E-state index contributed by atoms with van der Waals surface area (Å²) < 4.78 is 11.0. The van der Waals surface area contributed by atoms with Gasteiger partial charge in [-0.2, -0.15) is 0 Å². The molecule has 0 saturated carbocycles. The number of hydrogen-bond acceptors (Lipinski definition) is 6. The maximum atomic E-state index is 12.9. The molecule has 0 aliphatic heterocycles. The summed E-state index contributed by atoms with van der Waals surface area (Å²) in [4.78, 5) is 31.4. The second-order valence-corrected chi connectivity index (χ2v) is 8.37. The molecule has 0 spiro atoms. The van der Waals surface area contributed by atoms with Gasteiger partial charge in [-0.3, -0.25) is 14.5 Å². The van der Waals surface area contributed by atoms with E-state index in [4.69, 9.17) is 9.47 Å². The van der Waals surface area contributed by atoms with Gasteiger partial charge >= 0.3 is 5.97 Å². The Morgan fingerprint density at radius 2 is 1.78 bits per heavy atom. The molecule has 3 aromatic rings. The second kappa shape index (κ2) is 10.9. The number of nitrogens with zero attached hydrogens (tertiary/aromatic N) is 2. The van der Waals surface area contributed by atoms with Gasteiger partial charge in [0, 0.05) is 12.3 Å². The molecule has 2 aromatic carbocycles. The number of benzene rings is 2. The molecule has 0 aliphatic rings. The largest absolute Gasteiger partial charge is 0.495 e. The van der Waals surface area contributed by atoms with Crippen LogP contribution >= 0.6 is 11.3 Å². The monoisotopic (exact) mass is 452 g/mol. The fraction of sp³-hybridized carbons (Fsp3) is 0.320. The predicted octanol–water partition coefficient (Wildman–Crippen LogP) is 5.71. The normalized spacial score (nSPS) is 12.6. The lowest BCUT2D eigenvalue weighted by atomic mass is 9.86. The Hall–Kier alpha value is -3.19. The van der Waals surface area contributed by atoms with E-state index in [0.717, 1.165) is 12.0 Å². The lowest BCUT2D eigenvalue weighted by Crippen LogP contribution is -2.23. The molecule has 1 aromatic heterocycles. The van der Waals surface area contributed by atoms with Gasteiger partial charge in [0.2, 0.25) is 5.91 Å². The minimum atomic E-state index is -0.332. The van der Waals surface area contributed by atoms with Crippen molar-refractivity contribution < 1.29 is 19.1 Å². The topological polar surface area (TPSA) is 68.7 Å². The Balaban J connectivity index is 1.76. The van der Waals surface area contributed by atoms with E-state index in [1.165, 1.54) is 23.2 Å². The number of carbonyl (C=O) groups is 2. The van der Waals surface area contributed by atoms with Crippen LogP contribution in [-0.4, -0.2) is 24.0 Å². The number of aromatic nitrogens is 1. The van der Waals surface area contributed by atoms with Gasteiger partial charge in [-0.1, -0.05) is 62.7 Å². The molecule has 168 valence electrons. The lowest BCUT2D eigenvalue weighted by Gasteiger charge is -2.22. The first-order valence-electron chi connectivity index (χ1n) is 10.6. The van der Waals surface area contributed by atoms with Crippen molar-refractivity contribution in [3.05, 3.63) is 71.2 Å². The van der Waals surface area contributed by atoms with Gasteiger partial charge < -0.3 is 9.47 Å². The number of thiazole rings is 1. The Bertz CT molecular complexity index is 1050. The fourth-order valence-corrected chi connectivity index (χ4v) is 4.38. The van der Waals surface area contributed by atoms with Crippen LogP contribution in [0.1, 0.15) is 44.4 Å². The number of methoxy groups -OCH3 is 1. The SMILES string of the molecule is CCC(C)C(C(=O)OCc1csc(N(C(C)=O)c2ccccc2OC)n1)c1ccccc1. The molecular formula is C25H28N2O4S. The highest BCUT2D eigenvalue weighted by Crippen LogP contribution is 2.35. The van der Waals surface area contributed by atoms with Gasteiger partial charge in [-0.05, 0) is 23.6 Å². The van der Waals surface area contributed by atoms with Gasteiger partial charge in [0.1, 0.15) is 12.4 Å². The lowest BCUT2D eigenvalue weighted by molar-refractivity contribution is -0.148. The van der Waals surface area contributed by atoms with Crippen molar-refractivity contribution in [2.24, 2.45) is 5.92 Å². The summed E-state index contributed by atoms with van der Waals surface area (Å²) in [5, 5.41) is 2.30. The zero-order valence-corrected chi connectivity index (χ0v) is 19.6.